The molecule has 10 heteroatoms. The Morgan fingerprint density at radius 3 is 2.50 bits per heavy atom. The third-order valence-electron chi connectivity index (χ3n) is 4.02. The lowest BCUT2D eigenvalue weighted by Crippen LogP contribution is -2.59. The van der Waals surface area contributed by atoms with Crippen molar-refractivity contribution >= 4 is 35.7 Å². The van der Waals surface area contributed by atoms with Gasteiger partial charge in [-0.2, -0.15) is 0 Å². The number of pyridine rings is 1. The first-order valence-corrected chi connectivity index (χ1v) is 9.37. The van der Waals surface area contributed by atoms with E-state index in [9.17, 15) is 19.5 Å². The van der Waals surface area contributed by atoms with E-state index in [0.29, 0.717) is 11.3 Å². The number of β-lactam (4-membered cyclic amide) rings is 1. The van der Waals surface area contributed by atoms with Crippen LogP contribution in [0.25, 0.3) is 6.08 Å². The number of ether oxygens (including phenoxy) is 1. The van der Waals surface area contributed by atoms with Gasteiger partial charge in [-0.25, -0.2) is 4.79 Å². The van der Waals surface area contributed by atoms with E-state index in [4.69, 9.17) is 14.7 Å². The molecule has 152 valence electrons. The van der Waals surface area contributed by atoms with Crippen LogP contribution in [0, 0.1) is 9.93 Å². The minimum atomic E-state index is -1.11. The number of fused-ring (bicyclic) bond motifs is 1. The molecule has 0 bridgehead atoms. The summed E-state index contributed by atoms with van der Waals surface area (Å²) >= 11 is 1.32. The second kappa shape index (κ2) is 9.98. The van der Waals surface area contributed by atoms with Crippen LogP contribution < -0.4 is 0 Å². The smallest absolute Gasteiger partial charge is 0.328 e. The van der Waals surface area contributed by atoms with E-state index in [1.165, 1.54) is 23.6 Å². The highest BCUT2D eigenvalue weighted by Gasteiger charge is 2.63. The molecule has 9 nitrogen and oxygen atoms in total. The van der Waals surface area contributed by atoms with Crippen molar-refractivity contribution in [1.82, 2.24) is 9.88 Å². The van der Waals surface area contributed by atoms with Gasteiger partial charge in [-0.15, -0.1) is 11.8 Å². The van der Waals surface area contributed by atoms with Crippen LogP contribution in [0.2, 0.25) is 0 Å². The minimum Gasteiger partial charge on any atom is -0.480 e. The summed E-state index contributed by atoms with van der Waals surface area (Å²) in [7, 11) is 0. The lowest BCUT2D eigenvalue weighted by atomic mass is 9.94. The standard InChI is InChI=1S/C16H16N2O5S.C2H6.O2/c1-9(19)23-8-16(2)12(15(21)22)18-13(20)11(14(18)24-16)7-10-5-3-4-6-17-10;2*1-2/h3-7,12,14H,8H2,1-2H3,(H,21,22);1-2H3;/b11-7-;;/t12-,14+,16-;;/m0../s1. The van der Waals surface area contributed by atoms with E-state index < -0.39 is 22.7 Å². The van der Waals surface area contributed by atoms with E-state index in [-0.39, 0.29) is 17.9 Å². The normalized spacial score (nSPS) is 26.1. The van der Waals surface area contributed by atoms with Gasteiger partial charge < -0.3 is 14.7 Å². The first-order chi connectivity index (χ1) is 13.3. The molecule has 2 aliphatic rings. The molecule has 2 fully saturated rings. The summed E-state index contributed by atoms with van der Waals surface area (Å²) in [6.45, 7) is 6.90. The quantitative estimate of drug-likeness (QED) is 0.451. The Morgan fingerprint density at radius 2 is 2.00 bits per heavy atom. The fourth-order valence-electron chi connectivity index (χ4n) is 2.92. The Kier molecular flexibility index (Phi) is 8.30. The van der Waals surface area contributed by atoms with Gasteiger partial charge in [-0.05, 0) is 25.1 Å². The monoisotopic (exact) mass is 410 g/mol. The number of carbonyl (C=O) groups is 3. The van der Waals surface area contributed by atoms with Crippen LogP contribution >= 0.6 is 11.8 Å². The maximum atomic E-state index is 12.4. The second-order valence-corrected chi connectivity index (χ2v) is 7.49. The fraction of sp³-hybridized carbons (Fsp3) is 0.444. The molecule has 0 aromatic carbocycles. The number of hydrogen-bond donors (Lipinski definition) is 1. The van der Waals surface area contributed by atoms with Gasteiger partial charge >= 0.3 is 11.9 Å². The molecule has 3 heterocycles. The first-order valence-electron chi connectivity index (χ1n) is 8.49. The lowest BCUT2D eigenvalue weighted by Gasteiger charge is -2.39. The molecule has 3 rings (SSSR count). The van der Waals surface area contributed by atoms with E-state index in [0.717, 1.165) is 0 Å². The molecule has 0 aliphatic carbocycles. The molecule has 1 aromatic rings. The fourth-order valence-corrected chi connectivity index (χ4v) is 4.53. The summed E-state index contributed by atoms with van der Waals surface area (Å²) in [5, 5.41) is 9.18. The zero-order chi connectivity index (χ0) is 21.5. The number of aliphatic carboxylic acids is 1. The number of thioether (sulfide) groups is 1. The van der Waals surface area contributed by atoms with E-state index in [1.807, 2.05) is 19.9 Å². The summed E-state index contributed by atoms with van der Waals surface area (Å²) in [6.07, 6.45) is 3.30. The van der Waals surface area contributed by atoms with Crippen LogP contribution in [-0.4, -0.2) is 55.6 Å². The lowest BCUT2D eigenvalue weighted by molar-refractivity contribution is -0.155. The number of esters is 1. The van der Waals surface area contributed by atoms with Crippen LogP contribution in [0.15, 0.2) is 30.0 Å². The maximum absolute atomic E-state index is 12.4. The van der Waals surface area contributed by atoms with Gasteiger partial charge in [0.2, 0.25) is 0 Å². The first kappa shape index (κ1) is 23.3. The predicted octanol–water partition coefficient (Wildman–Crippen LogP) is 2.25. The van der Waals surface area contributed by atoms with Crippen molar-refractivity contribution in [2.24, 2.45) is 0 Å². The summed E-state index contributed by atoms with van der Waals surface area (Å²) in [5.41, 5.74) is 1.15. The molecule has 1 N–H and O–H groups in total. The Hall–Kier alpha value is -2.75. The Balaban J connectivity index is 0.000000921. The number of carboxylic acids is 1. The summed E-state index contributed by atoms with van der Waals surface area (Å²) in [6, 6.07) is 4.32. The van der Waals surface area contributed by atoms with Gasteiger partial charge in [-0.3, -0.25) is 14.6 Å². The summed E-state index contributed by atoms with van der Waals surface area (Å²) < 4.78 is 4.12. The van der Waals surface area contributed by atoms with Gasteiger partial charge in [-0.1, -0.05) is 19.9 Å². The molecule has 28 heavy (non-hydrogen) atoms. The second-order valence-electron chi connectivity index (χ2n) is 5.87. The number of nitrogens with zero attached hydrogens (tertiary/aromatic N) is 2. The number of carboxylic acid groups (broad SMARTS) is 1. The molecular weight excluding hydrogens is 388 g/mol. The van der Waals surface area contributed by atoms with Crippen molar-refractivity contribution in [2.75, 3.05) is 6.61 Å². The highest BCUT2D eigenvalue weighted by Crippen LogP contribution is 2.53. The highest BCUT2D eigenvalue weighted by molar-refractivity contribution is 8.02. The molecule has 2 saturated heterocycles. The van der Waals surface area contributed by atoms with Crippen molar-refractivity contribution < 1.29 is 24.2 Å². The molecule has 0 radical (unpaired) electrons. The SMILES string of the molecule is CC.CC(=O)OC[C@]1(C)S[C@@H]2/C(=C\c3ccccn3)C(=O)N2[C@H]1C(=O)O.O=O. The van der Waals surface area contributed by atoms with Crippen molar-refractivity contribution in [3.63, 3.8) is 0 Å². The van der Waals surface area contributed by atoms with Gasteiger partial charge in [0.25, 0.3) is 5.91 Å². The zero-order valence-electron chi connectivity index (χ0n) is 15.9. The third-order valence-corrected chi connectivity index (χ3v) is 5.61. The van der Waals surface area contributed by atoms with E-state index in [2.05, 4.69) is 4.98 Å². The van der Waals surface area contributed by atoms with E-state index in [1.54, 1.807) is 31.3 Å². The van der Waals surface area contributed by atoms with E-state index >= 15 is 0 Å². The average molecular weight is 410 g/mol. The molecule has 0 saturated carbocycles. The Labute approximate surface area is 166 Å². The molecule has 2 aliphatic heterocycles. The van der Waals surface area contributed by atoms with Crippen LogP contribution in [0.3, 0.4) is 0 Å². The number of aromatic nitrogens is 1. The predicted molar refractivity (Wildman–Crippen MR) is 105 cm³/mol. The number of rotatable bonds is 4. The third kappa shape index (κ3) is 4.56. The van der Waals surface area contributed by atoms with Crippen molar-refractivity contribution in [2.45, 2.75) is 43.9 Å². The Morgan fingerprint density at radius 1 is 1.36 bits per heavy atom. The minimum absolute atomic E-state index is 0.0683. The molecular formula is C18H22N2O7S. The molecule has 0 unspecified atom stereocenters. The average Bonchev–Trinajstić information content (AvgIpc) is 2.99. The molecule has 0 spiro atoms. The Bertz CT molecular complexity index is 756. The molecule has 1 amide bonds. The largest absolute Gasteiger partial charge is 0.480 e. The highest BCUT2D eigenvalue weighted by atomic mass is 32.2. The van der Waals surface area contributed by atoms with Crippen LogP contribution in [-0.2, 0) is 19.1 Å². The zero-order valence-corrected chi connectivity index (χ0v) is 16.8. The molecule has 1 aromatic heterocycles. The van der Waals surface area contributed by atoms with Gasteiger partial charge in [0.15, 0.2) is 0 Å². The number of amides is 1. The van der Waals surface area contributed by atoms with Crippen molar-refractivity contribution in [3.8, 4) is 0 Å². The number of carbonyl (C=O) groups excluding carboxylic acids is 2. The van der Waals surface area contributed by atoms with Crippen LogP contribution in [0.4, 0.5) is 0 Å². The van der Waals surface area contributed by atoms with Crippen LogP contribution in [0.1, 0.15) is 33.4 Å². The van der Waals surface area contributed by atoms with Gasteiger partial charge in [0.1, 0.15) is 18.0 Å². The van der Waals surface area contributed by atoms with Crippen molar-refractivity contribution in [3.05, 3.63) is 45.6 Å². The van der Waals surface area contributed by atoms with Gasteiger partial charge in [0.05, 0.1) is 16.0 Å². The maximum Gasteiger partial charge on any atom is 0.328 e. The summed E-state index contributed by atoms with van der Waals surface area (Å²) in [4.78, 5) is 54.7. The topological polar surface area (TPSA) is 131 Å². The van der Waals surface area contributed by atoms with Crippen molar-refractivity contribution in [1.29, 1.82) is 0 Å². The van der Waals surface area contributed by atoms with Gasteiger partial charge in [0, 0.05) is 23.1 Å². The number of hydrogen-bond acceptors (Lipinski definition) is 8. The van der Waals surface area contributed by atoms with Crippen LogP contribution in [0.5, 0.6) is 0 Å². The summed E-state index contributed by atoms with van der Waals surface area (Å²) in [5.74, 6) is -1.91. The molecule has 3 atom stereocenters.